The number of rotatable bonds is 3. The number of carbonyl (C=O) groups is 1. The third-order valence-electron chi connectivity index (χ3n) is 3.79. The van der Waals surface area contributed by atoms with Crippen LogP contribution in [0.15, 0.2) is 24.3 Å². The van der Waals surface area contributed by atoms with Crippen LogP contribution in [0.25, 0.3) is 0 Å². The zero-order valence-electron chi connectivity index (χ0n) is 11.6. The summed E-state index contributed by atoms with van der Waals surface area (Å²) in [6.07, 6.45) is 1.54. The summed E-state index contributed by atoms with van der Waals surface area (Å²) in [4.78, 5) is 14.2. The Morgan fingerprint density at radius 2 is 2.00 bits per heavy atom. The Labute approximate surface area is 121 Å². The van der Waals surface area contributed by atoms with Gasteiger partial charge in [0, 0.05) is 12.6 Å². The van der Waals surface area contributed by atoms with Gasteiger partial charge in [0.25, 0.3) is 0 Å². The normalized spacial score (nSPS) is 22.2. The Morgan fingerprint density at radius 1 is 1.37 bits per heavy atom. The van der Waals surface area contributed by atoms with Gasteiger partial charge in [0.2, 0.25) is 5.91 Å². The van der Waals surface area contributed by atoms with Crippen LogP contribution in [0.1, 0.15) is 24.5 Å². The molecule has 19 heavy (non-hydrogen) atoms. The van der Waals surface area contributed by atoms with Gasteiger partial charge < -0.3 is 10.6 Å². The standard InChI is InChI=1S/C15H22N2O.ClH/c1-11-3-5-13(6-4-11)8-15(18)17-10-14(9-16)7-12(17)2;/h3-6,12,14H,7-10,16H2,1-2H3;1H. The van der Waals surface area contributed by atoms with Crippen LogP contribution in [-0.2, 0) is 11.2 Å². The smallest absolute Gasteiger partial charge is 0.227 e. The molecule has 0 spiro atoms. The van der Waals surface area contributed by atoms with Gasteiger partial charge in [-0.25, -0.2) is 0 Å². The van der Waals surface area contributed by atoms with Crippen molar-refractivity contribution >= 4 is 18.3 Å². The van der Waals surface area contributed by atoms with Gasteiger partial charge in [-0.1, -0.05) is 29.8 Å². The SMILES string of the molecule is Cc1ccc(CC(=O)N2CC(CN)CC2C)cc1.Cl. The first-order valence-corrected chi connectivity index (χ1v) is 6.65. The number of hydrogen-bond donors (Lipinski definition) is 1. The van der Waals surface area contributed by atoms with Crippen LogP contribution >= 0.6 is 12.4 Å². The zero-order valence-corrected chi connectivity index (χ0v) is 12.5. The van der Waals surface area contributed by atoms with E-state index in [0.717, 1.165) is 18.5 Å². The quantitative estimate of drug-likeness (QED) is 0.923. The van der Waals surface area contributed by atoms with Crippen molar-refractivity contribution < 1.29 is 4.79 Å². The van der Waals surface area contributed by atoms with Gasteiger partial charge in [-0.05, 0) is 38.3 Å². The summed E-state index contributed by atoms with van der Waals surface area (Å²) >= 11 is 0. The maximum absolute atomic E-state index is 12.3. The molecule has 1 heterocycles. The minimum atomic E-state index is 0. The molecule has 1 aliphatic rings. The molecule has 0 aromatic heterocycles. The molecule has 2 N–H and O–H groups in total. The molecule has 1 amide bonds. The fourth-order valence-corrected chi connectivity index (χ4v) is 2.64. The molecular formula is C15H23ClN2O. The maximum Gasteiger partial charge on any atom is 0.227 e. The van der Waals surface area contributed by atoms with E-state index in [1.54, 1.807) is 0 Å². The van der Waals surface area contributed by atoms with E-state index in [4.69, 9.17) is 5.73 Å². The van der Waals surface area contributed by atoms with E-state index < -0.39 is 0 Å². The molecule has 2 atom stereocenters. The van der Waals surface area contributed by atoms with E-state index >= 15 is 0 Å². The van der Waals surface area contributed by atoms with Crippen LogP contribution in [0.4, 0.5) is 0 Å². The van der Waals surface area contributed by atoms with Crippen molar-refractivity contribution in [2.75, 3.05) is 13.1 Å². The Morgan fingerprint density at radius 3 is 2.53 bits per heavy atom. The highest BCUT2D eigenvalue weighted by molar-refractivity contribution is 5.85. The Balaban J connectivity index is 0.00000180. The maximum atomic E-state index is 12.3. The summed E-state index contributed by atoms with van der Waals surface area (Å²) in [5, 5.41) is 0. The number of aryl methyl sites for hydroxylation is 1. The number of amides is 1. The van der Waals surface area contributed by atoms with Crippen LogP contribution in [0.3, 0.4) is 0 Å². The second-order valence-electron chi connectivity index (χ2n) is 5.39. The van der Waals surface area contributed by atoms with Crippen molar-refractivity contribution in [3.63, 3.8) is 0 Å². The van der Waals surface area contributed by atoms with Gasteiger partial charge in [0.1, 0.15) is 0 Å². The van der Waals surface area contributed by atoms with Gasteiger partial charge in [-0.3, -0.25) is 4.79 Å². The Bertz CT molecular complexity index is 419. The van der Waals surface area contributed by atoms with Crippen LogP contribution < -0.4 is 5.73 Å². The molecule has 1 aromatic carbocycles. The molecule has 1 aromatic rings. The summed E-state index contributed by atoms with van der Waals surface area (Å²) in [5.74, 6) is 0.698. The van der Waals surface area contributed by atoms with Crippen molar-refractivity contribution in [2.45, 2.75) is 32.7 Å². The zero-order chi connectivity index (χ0) is 13.1. The molecule has 0 bridgehead atoms. The molecule has 0 saturated carbocycles. The third-order valence-corrected chi connectivity index (χ3v) is 3.79. The summed E-state index contributed by atoms with van der Waals surface area (Å²) in [7, 11) is 0. The number of nitrogens with two attached hydrogens (primary N) is 1. The average molecular weight is 283 g/mol. The second kappa shape index (κ2) is 6.92. The van der Waals surface area contributed by atoms with Gasteiger partial charge in [-0.2, -0.15) is 0 Å². The monoisotopic (exact) mass is 282 g/mol. The Hall–Kier alpha value is -1.06. The first-order valence-electron chi connectivity index (χ1n) is 6.65. The molecule has 3 nitrogen and oxygen atoms in total. The highest BCUT2D eigenvalue weighted by Gasteiger charge is 2.31. The number of carbonyl (C=O) groups excluding carboxylic acids is 1. The lowest BCUT2D eigenvalue weighted by atomic mass is 10.1. The number of nitrogens with zero attached hydrogens (tertiary/aromatic N) is 1. The highest BCUT2D eigenvalue weighted by Crippen LogP contribution is 2.23. The van der Waals surface area contributed by atoms with E-state index in [1.165, 1.54) is 5.56 Å². The number of hydrogen-bond acceptors (Lipinski definition) is 2. The lowest BCUT2D eigenvalue weighted by Gasteiger charge is -2.21. The topological polar surface area (TPSA) is 46.3 Å². The number of likely N-dealkylation sites (tertiary alicyclic amines) is 1. The van der Waals surface area contributed by atoms with Gasteiger partial charge >= 0.3 is 0 Å². The minimum absolute atomic E-state index is 0. The van der Waals surface area contributed by atoms with E-state index in [9.17, 15) is 4.79 Å². The average Bonchev–Trinajstić information content (AvgIpc) is 2.73. The fourth-order valence-electron chi connectivity index (χ4n) is 2.64. The third kappa shape index (κ3) is 3.95. The van der Waals surface area contributed by atoms with E-state index in [-0.39, 0.29) is 18.3 Å². The van der Waals surface area contributed by atoms with Crippen molar-refractivity contribution in [1.29, 1.82) is 0 Å². The number of benzene rings is 1. The van der Waals surface area contributed by atoms with Gasteiger partial charge in [0.05, 0.1) is 6.42 Å². The lowest BCUT2D eigenvalue weighted by molar-refractivity contribution is -0.131. The second-order valence-corrected chi connectivity index (χ2v) is 5.39. The first-order chi connectivity index (χ1) is 8.60. The van der Waals surface area contributed by atoms with E-state index in [1.807, 2.05) is 17.0 Å². The van der Waals surface area contributed by atoms with E-state index in [2.05, 4.69) is 26.0 Å². The van der Waals surface area contributed by atoms with Crippen molar-refractivity contribution in [1.82, 2.24) is 4.90 Å². The molecule has 1 aliphatic heterocycles. The molecule has 1 saturated heterocycles. The molecule has 2 unspecified atom stereocenters. The van der Waals surface area contributed by atoms with Crippen LogP contribution in [0.2, 0.25) is 0 Å². The van der Waals surface area contributed by atoms with Crippen LogP contribution in [-0.4, -0.2) is 29.9 Å². The molecule has 0 aliphatic carbocycles. The summed E-state index contributed by atoms with van der Waals surface area (Å²) in [6, 6.07) is 8.51. The fraction of sp³-hybridized carbons (Fsp3) is 0.533. The Kier molecular flexibility index (Phi) is 5.83. The summed E-state index contributed by atoms with van der Waals surface area (Å²) in [5.41, 5.74) is 8.01. The predicted octanol–water partition coefficient (Wildman–Crippen LogP) is 2.16. The predicted molar refractivity (Wildman–Crippen MR) is 80.5 cm³/mol. The molecule has 106 valence electrons. The lowest BCUT2D eigenvalue weighted by Crippen LogP contribution is -2.35. The van der Waals surface area contributed by atoms with Crippen LogP contribution in [0.5, 0.6) is 0 Å². The van der Waals surface area contributed by atoms with Gasteiger partial charge in [0.15, 0.2) is 0 Å². The number of halogens is 1. The largest absolute Gasteiger partial charge is 0.339 e. The molecule has 1 fully saturated rings. The molecule has 2 rings (SSSR count). The van der Waals surface area contributed by atoms with E-state index in [0.29, 0.717) is 24.9 Å². The van der Waals surface area contributed by atoms with Crippen LogP contribution in [0, 0.1) is 12.8 Å². The van der Waals surface area contributed by atoms with Crippen molar-refractivity contribution in [3.8, 4) is 0 Å². The molecule has 0 radical (unpaired) electrons. The molecular weight excluding hydrogens is 260 g/mol. The van der Waals surface area contributed by atoms with Gasteiger partial charge in [-0.15, -0.1) is 12.4 Å². The van der Waals surface area contributed by atoms with Crippen molar-refractivity contribution in [2.24, 2.45) is 11.7 Å². The molecule has 4 heteroatoms. The first kappa shape index (κ1) is 16.0. The minimum Gasteiger partial charge on any atom is -0.339 e. The summed E-state index contributed by atoms with van der Waals surface area (Å²) < 4.78 is 0. The highest BCUT2D eigenvalue weighted by atomic mass is 35.5. The van der Waals surface area contributed by atoms with Crippen molar-refractivity contribution in [3.05, 3.63) is 35.4 Å². The summed E-state index contributed by atoms with van der Waals surface area (Å²) in [6.45, 7) is 5.67.